The van der Waals surface area contributed by atoms with E-state index in [2.05, 4.69) is 21.2 Å². The van der Waals surface area contributed by atoms with Gasteiger partial charge in [0.15, 0.2) is 0 Å². The molecule has 1 saturated heterocycles. The first kappa shape index (κ1) is 13.3. The van der Waals surface area contributed by atoms with Crippen molar-refractivity contribution in [1.82, 2.24) is 10.2 Å². The second-order valence-electron chi connectivity index (χ2n) is 3.89. The van der Waals surface area contributed by atoms with Crippen LogP contribution in [0.25, 0.3) is 6.08 Å². The molecule has 2 N–H and O–H groups in total. The van der Waals surface area contributed by atoms with Crippen LogP contribution in [0.5, 0.6) is 5.75 Å². The molecule has 0 saturated carbocycles. The fourth-order valence-corrected chi connectivity index (χ4v) is 1.92. The summed E-state index contributed by atoms with van der Waals surface area (Å²) in [7, 11) is 1.28. The number of phenolic OH excluding ortho intramolecular Hbond substituents is 1. The Bertz CT molecular complexity index is 624. The normalized spacial score (nSPS) is 17.9. The zero-order chi connectivity index (χ0) is 14.2. The molecule has 0 aromatic heterocycles. The van der Waals surface area contributed by atoms with Crippen LogP contribution >= 0.6 is 15.9 Å². The summed E-state index contributed by atoms with van der Waals surface area (Å²) in [5.74, 6) is -1.36. The average Bonchev–Trinajstić information content (AvgIpc) is 2.36. The van der Waals surface area contributed by atoms with Crippen molar-refractivity contribution in [3.05, 3.63) is 33.8 Å². The maximum Gasteiger partial charge on any atom is 0.331 e. The molecule has 0 aliphatic carbocycles. The van der Waals surface area contributed by atoms with Crippen molar-refractivity contribution in [3.63, 3.8) is 0 Å². The number of barbiturate groups is 1. The van der Waals surface area contributed by atoms with Gasteiger partial charge in [0.05, 0.1) is 4.47 Å². The summed E-state index contributed by atoms with van der Waals surface area (Å²) in [4.78, 5) is 35.5. The highest BCUT2D eigenvalue weighted by Gasteiger charge is 2.32. The van der Waals surface area contributed by atoms with Crippen LogP contribution in [0.3, 0.4) is 0 Å². The maximum absolute atomic E-state index is 11.8. The minimum absolute atomic E-state index is 0.0499. The summed E-state index contributed by atoms with van der Waals surface area (Å²) in [6.07, 6.45) is 1.35. The van der Waals surface area contributed by atoms with Gasteiger partial charge in [0.25, 0.3) is 11.8 Å². The molecule has 0 spiro atoms. The number of hydrogen-bond acceptors (Lipinski definition) is 4. The second-order valence-corrected chi connectivity index (χ2v) is 4.75. The Balaban J connectivity index is 2.41. The Kier molecular flexibility index (Phi) is 3.39. The third-order valence-corrected chi connectivity index (χ3v) is 3.22. The van der Waals surface area contributed by atoms with Crippen molar-refractivity contribution in [2.24, 2.45) is 0 Å². The molecule has 98 valence electrons. The SMILES string of the molecule is CN1C(=O)NC(=O)C(=Cc2ccc(O)c(Br)c2)C1=O. The van der Waals surface area contributed by atoms with Gasteiger partial charge in [-0.05, 0) is 39.7 Å². The van der Waals surface area contributed by atoms with Crippen molar-refractivity contribution in [1.29, 1.82) is 0 Å². The predicted molar refractivity (Wildman–Crippen MR) is 70.1 cm³/mol. The molecule has 19 heavy (non-hydrogen) atoms. The van der Waals surface area contributed by atoms with Crippen LogP contribution in [-0.2, 0) is 9.59 Å². The molecule has 0 bridgehead atoms. The van der Waals surface area contributed by atoms with Crippen LogP contribution in [0.1, 0.15) is 5.56 Å². The van der Waals surface area contributed by atoms with E-state index in [1.165, 1.54) is 19.2 Å². The number of urea groups is 1. The van der Waals surface area contributed by atoms with Gasteiger partial charge in [0.2, 0.25) is 0 Å². The first-order chi connectivity index (χ1) is 8.90. The quantitative estimate of drug-likeness (QED) is 0.601. The van der Waals surface area contributed by atoms with Crippen molar-refractivity contribution < 1.29 is 19.5 Å². The van der Waals surface area contributed by atoms with Crippen LogP contribution in [0, 0.1) is 0 Å². The molecule has 1 aliphatic heterocycles. The van der Waals surface area contributed by atoms with Crippen LogP contribution in [0.15, 0.2) is 28.2 Å². The van der Waals surface area contributed by atoms with Gasteiger partial charge in [0, 0.05) is 7.05 Å². The Labute approximate surface area is 116 Å². The molecule has 1 fully saturated rings. The van der Waals surface area contributed by atoms with Gasteiger partial charge in [-0.1, -0.05) is 6.07 Å². The van der Waals surface area contributed by atoms with E-state index in [4.69, 9.17) is 0 Å². The summed E-state index contributed by atoms with van der Waals surface area (Å²) in [6.45, 7) is 0. The van der Waals surface area contributed by atoms with Gasteiger partial charge in [-0.2, -0.15) is 0 Å². The van der Waals surface area contributed by atoms with E-state index < -0.39 is 17.8 Å². The second kappa shape index (κ2) is 4.85. The molecular weight excluding hydrogens is 316 g/mol. The zero-order valence-electron chi connectivity index (χ0n) is 9.81. The molecule has 6 nitrogen and oxygen atoms in total. The van der Waals surface area contributed by atoms with Gasteiger partial charge in [-0.25, -0.2) is 4.79 Å². The predicted octanol–water partition coefficient (Wildman–Crippen LogP) is 1.25. The number of hydrogen-bond donors (Lipinski definition) is 2. The molecule has 0 radical (unpaired) electrons. The highest BCUT2D eigenvalue weighted by molar-refractivity contribution is 9.10. The Morgan fingerprint density at radius 1 is 1.32 bits per heavy atom. The lowest BCUT2D eigenvalue weighted by atomic mass is 10.1. The number of nitrogens with one attached hydrogen (secondary N) is 1. The van der Waals surface area contributed by atoms with E-state index >= 15 is 0 Å². The van der Waals surface area contributed by atoms with E-state index in [9.17, 15) is 19.5 Å². The Hall–Kier alpha value is -2.15. The van der Waals surface area contributed by atoms with Gasteiger partial charge < -0.3 is 5.11 Å². The lowest BCUT2D eigenvalue weighted by Crippen LogP contribution is -2.52. The van der Waals surface area contributed by atoms with Gasteiger partial charge in [-0.15, -0.1) is 0 Å². The molecule has 2 rings (SSSR count). The number of phenols is 1. The maximum atomic E-state index is 11.8. The number of carbonyl (C=O) groups is 3. The first-order valence-corrected chi connectivity index (χ1v) is 6.03. The summed E-state index contributed by atoms with van der Waals surface area (Å²) in [5.41, 5.74) is 0.408. The van der Waals surface area contributed by atoms with Crippen molar-refractivity contribution >= 4 is 39.9 Å². The number of likely N-dealkylation sites (N-methyl/N-ethyl adjacent to an activating group) is 1. The van der Waals surface area contributed by atoms with E-state index in [1.807, 2.05) is 0 Å². The Morgan fingerprint density at radius 3 is 2.63 bits per heavy atom. The largest absolute Gasteiger partial charge is 0.507 e. The van der Waals surface area contributed by atoms with E-state index in [1.54, 1.807) is 12.1 Å². The number of imide groups is 2. The lowest BCUT2D eigenvalue weighted by Gasteiger charge is -2.22. The van der Waals surface area contributed by atoms with E-state index in [-0.39, 0.29) is 11.3 Å². The first-order valence-electron chi connectivity index (χ1n) is 5.23. The standard InChI is InChI=1S/C12H9BrN2O4/c1-15-11(18)7(10(17)14-12(15)19)4-6-2-3-9(16)8(13)5-6/h2-5,16H,1H3,(H,14,17,19). The summed E-state index contributed by atoms with van der Waals surface area (Å²) < 4.78 is 0.440. The smallest absolute Gasteiger partial charge is 0.331 e. The highest BCUT2D eigenvalue weighted by atomic mass is 79.9. The van der Waals surface area contributed by atoms with Crippen LogP contribution in [0.4, 0.5) is 4.79 Å². The average molecular weight is 325 g/mol. The molecule has 1 aliphatic rings. The summed E-state index contributed by atoms with van der Waals surface area (Å²) >= 11 is 3.13. The molecule has 0 unspecified atom stereocenters. The fourth-order valence-electron chi connectivity index (χ4n) is 1.53. The molecule has 1 aromatic carbocycles. The number of rotatable bonds is 1. The van der Waals surface area contributed by atoms with E-state index in [0.29, 0.717) is 10.0 Å². The topological polar surface area (TPSA) is 86.7 Å². The molecule has 0 atom stereocenters. The molecular formula is C12H9BrN2O4. The van der Waals surface area contributed by atoms with Crippen LogP contribution in [0.2, 0.25) is 0 Å². The number of nitrogens with zero attached hydrogens (tertiary/aromatic N) is 1. The Morgan fingerprint density at radius 2 is 2.00 bits per heavy atom. The number of benzene rings is 1. The molecule has 4 amide bonds. The fraction of sp³-hybridized carbons (Fsp3) is 0.0833. The third kappa shape index (κ3) is 2.50. The molecule has 7 heteroatoms. The monoisotopic (exact) mass is 324 g/mol. The zero-order valence-corrected chi connectivity index (χ0v) is 11.4. The van der Waals surface area contributed by atoms with Gasteiger partial charge in [-0.3, -0.25) is 19.8 Å². The molecule has 1 aromatic rings. The lowest BCUT2D eigenvalue weighted by molar-refractivity contribution is -0.129. The van der Waals surface area contributed by atoms with Crippen molar-refractivity contribution in [2.45, 2.75) is 0 Å². The minimum atomic E-state index is -0.751. The van der Waals surface area contributed by atoms with Gasteiger partial charge in [0.1, 0.15) is 11.3 Å². The van der Waals surface area contributed by atoms with Crippen LogP contribution < -0.4 is 5.32 Å². The highest BCUT2D eigenvalue weighted by Crippen LogP contribution is 2.25. The number of halogens is 1. The van der Waals surface area contributed by atoms with Crippen molar-refractivity contribution in [2.75, 3.05) is 7.05 Å². The van der Waals surface area contributed by atoms with E-state index in [0.717, 1.165) is 4.90 Å². The van der Waals surface area contributed by atoms with Crippen LogP contribution in [-0.4, -0.2) is 34.9 Å². The minimum Gasteiger partial charge on any atom is -0.507 e. The summed E-state index contributed by atoms with van der Waals surface area (Å²) in [6, 6.07) is 3.78. The number of amides is 4. The van der Waals surface area contributed by atoms with Crippen molar-refractivity contribution in [3.8, 4) is 5.75 Å². The number of aromatic hydroxyl groups is 1. The summed E-state index contributed by atoms with van der Waals surface area (Å²) in [5, 5.41) is 11.4. The number of carbonyl (C=O) groups excluding carboxylic acids is 3. The molecule has 1 heterocycles. The van der Waals surface area contributed by atoms with Gasteiger partial charge >= 0.3 is 6.03 Å². The third-order valence-electron chi connectivity index (χ3n) is 2.59.